The molecule has 3 nitrogen and oxygen atoms in total. The molecule has 1 rings (SSSR count). The topological polar surface area (TPSA) is 48.1 Å². The smallest absolute Gasteiger partial charge is 0.111 e. The molecule has 0 atom stereocenters. The van der Waals surface area contributed by atoms with Gasteiger partial charge >= 0.3 is 0 Å². The van der Waals surface area contributed by atoms with Crippen LogP contribution in [0.1, 0.15) is 5.56 Å². The van der Waals surface area contributed by atoms with E-state index in [1.807, 2.05) is 6.92 Å². The van der Waals surface area contributed by atoms with Crippen LogP contribution in [0.25, 0.3) is 0 Å². The van der Waals surface area contributed by atoms with E-state index in [9.17, 15) is 0 Å². The number of hydrogen-bond acceptors (Lipinski definition) is 4. The molecule has 14 heavy (non-hydrogen) atoms. The predicted octanol–water partition coefficient (Wildman–Crippen LogP) is 2.47. The van der Waals surface area contributed by atoms with E-state index in [2.05, 4.69) is 20.9 Å². The average Bonchev–Trinajstić information content (AvgIpc) is 2.18. The zero-order valence-electron chi connectivity index (χ0n) is 8.21. The highest BCUT2D eigenvalue weighted by Gasteiger charge is 2.07. The van der Waals surface area contributed by atoms with E-state index >= 15 is 0 Å². The average molecular weight is 277 g/mol. The third kappa shape index (κ3) is 2.87. The number of thioether (sulfide) groups is 1. The van der Waals surface area contributed by atoms with E-state index < -0.39 is 0 Å². The lowest BCUT2D eigenvalue weighted by molar-refractivity contribution is 0.218. The second-order valence-corrected chi connectivity index (χ2v) is 4.68. The molecule has 2 N–H and O–H groups in total. The first-order valence-corrected chi connectivity index (χ1v) is 5.97. The zero-order valence-corrected chi connectivity index (χ0v) is 10.6. The summed E-state index contributed by atoms with van der Waals surface area (Å²) in [6.07, 6.45) is 1.69. The maximum absolute atomic E-state index is 5.72. The van der Waals surface area contributed by atoms with E-state index in [0.717, 1.165) is 27.4 Å². The van der Waals surface area contributed by atoms with Gasteiger partial charge in [-0.15, -0.1) is 11.8 Å². The lowest BCUT2D eigenvalue weighted by Gasteiger charge is -2.07. The molecule has 0 bridgehead atoms. The monoisotopic (exact) mass is 276 g/mol. The molecule has 0 aliphatic carbocycles. The van der Waals surface area contributed by atoms with E-state index in [1.54, 1.807) is 25.1 Å². The number of methoxy groups -OCH3 is 1. The molecule has 0 fully saturated rings. The number of rotatable bonds is 4. The molecular formula is C9H13BrN2OS. The van der Waals surface area contributed by atoms with Crippen molar-refractivity contribution in [1.82, 2.24) is 4.98 Å². The van der Waals surface area contributed by atoms with E-state index in [4.69, 9.17) is 10.5 Å². The Balaban J connectivity index is 2.73. The van der Waals surface area contributed by atoms with Crippen molar-refractivity contribution in [2.45, 2.75) is 11.9 Å². The molecule has 0 radical (unpaired) electrons. The van der Waals surface area contributed by atoms with Crippen LogP contribution in [0.3, 0.4) is 0 Å². The van der Waals surface area contributed by atoms with Crippen molar-refractivity contribution in [3.05, 3.63) is 16.2 Å². The fraction of sp³-hybridized carbons (Fsp3) is 0.444. The first kappa shape index (κ1) is 11.8. The van der Waals surface area contributed by atoms with Crippen molar-refractivity contribution < 1.29 is 4.74 Å². The molecule has 0 spiro atoms. The molecular weight excluding hydrogens is 264 g/mol. The van der Waals surface area contributed by atoms with Crippen LogP contribution in [-0.4, -0.2) is 24.5 Å². The number of halogens is 1. The second-order valence-electron chi connectivity index (χ2n) is 2.80. The summed E-state index contributed by atoms with van der Waals surface area (Å²) in [5.41, 5.74) is 7.48. The van der Waals surface area contributed by atoms with E-state index in [-0.39, 0.29) is 0 Å². The molecule has 0 aromatic carbocycles. The van der Waals surface area contributed by atoms with Gasteiger partial charge in [0.15, 0.2) is 0 Å². The molecule has 1 heterocycles. The van der Waals surface area contributed by atoms with Gasteiger partial charge < -0.3 is 10.5 Å². The van der Waals surface area contributed by atoms with Crippen LogP contribution in [0, 0.1) is 6.92 Å². The second kappa shape index (κ2) is 5.58. The van der Waals surface area contributed by atoms with Gasteiger partial charge in [0, 0.05) is 12.9 Å². The van der Waals surface area contributed by atoms with Gasteiger partial charge in [0.25, 0.3) is 0 Å². The quantitative estimate of drug-likeness (QED) is 0.678. The summed E-state index contributed by atoms with van der Waals surface area (Å²) >= 11 is 5.13. The molecule has 1 aromatic heterocycles. The van der Waals surface area contributed by atoms with Crippen molar-refractivity contribution in [3.8, 4) is 0 Å². The molecule has 0 saturated heterocycles. The summed E-state index contributed by atoms with van der Waals surface area (Å²) < 4.78 is 5.95. The summed E-state index contributed by atoms with van der Waals surface area (Å²) in [4.78, 5) is 4.25. The molecule has 1 aromatic rings. The summed E-state index contributed by atoms with van der Waals surface area (Å²) in [6.45, 7) is 2.70. The normalized spacial score (nSPS) is 10.5. The maximum Gasteiger partial charge on any atom is 0.111 e. The summed E-state index contributed by atoms with van der Waals surface area (Å²) in [5, 5.41) is 0.966. The van der Waals surface area contributed by atoms with Gasteiger partial charge in [-0.3, -0.25) is 0 Å². The van der Waals surface area contributed by atoms with Gasteiger partial charge in [0.1, 0.15) is 5.03 Å². The standard InChI is InChI=1S/C9H13BrN2OS/c1-6-7(11)5-12-9(8(6)10)14-4-3-13-2/h5H,3-4,11H2,1-2H3. The van der Waals surface area contributed by atoms with Crippen LogP contribution in [0.4, 0.5) is 5.69 Å². The molecule has 5 heteroatoms. The molecule has 0 aliphatic rings. The Kier molecular flexibility index (Phi) is 4.71. The van der Waals surface area contributed by atoms with Crippen LogP contribution in [0.15, 0.2) is 15.7 Å². The maximum atomic E-state index is 5.72. The van der Waals surface area contributed by atoms with Crippen LogP contribution < -0.4 is 5.73 Å². The first-order chi connectivity index (χ1) is 6.66. The SMILES string of the molecule is COCCSc1ncc(N)c(C)c1Br. The summed E-state index contributed by atoms with van der Waals surface area (Å²) in [6, 6.07) is 0. The van der Waals surface area contributed by atoms with Crippen LogP contribution in [0.2, 0.25) is 0 Å². The minimum Gasteiger partial charge on any atom is -0.397 e. The Labute approximate surface area is 96.6 Å². The Morgan fingerprint density at radius 1 is 1.64 bits per heavy atom. The van der Waals surface area contributed by atoms with Gasteiger partial charge in [-0.2, -0.15) is 0 Å². The molecule has 0 aliphatic heterocycles. The molecule has 78 valence electrons. The van der Waals surface area contributed by atoms with Crippen LogP contribution >= 0.6 is 27.7 Å². The zero-order chi connectivity index (χ0) is 10.6. The van der Waals surface area contributed by atoms with Crippen LogP contribution in [0.5, 0.6) is 0 Å². The highest BCUT2D eigenvalue weighted by molar-refractivity contribution is 9.10. The minimum atomic E-state index is 0.716. The van der Waals surface area contributed by atoms with Crippen molar-refractivity contribution >= 4 is 33.4 Å². The number of nitrogen functional groups attached to an aromatic ring is 1. The Morgan fingerprint density at radius 2 is 2.36 bits per heavy atom. The number of hydrogen-bond donors (Lipinski definition) is 1. The largest absolute Gasteiger partial charge is 0.397 e. The van der Waals surface area contributed by atoms with Gasteiger partial charge in [-0.1, -0.05) is 0 Å². The van der Waals surface area contributed by atoms with Crippen molar-refractivity contribution in [3.63, 3.8) is 0 Å². The first-order valence-electron chi connectivity index (χ1n) is 4.19. The van der Waals surface area contributed by atoms with Crippen molar-refractivity contribution in [2.24, 2.45) is 0 Å². The molecule has 0 amide bonds. The fourth-order valence-corrected chi connectivity index (χ4v) is 2.42. The number of ether oxygens (including phenoxy) is 1. The van der Waals surface area contributed by atoms with Crippen molar-refractivity contribution in [1.29, 1.82) is 0 Å². The highest BCUT2D eigenvalue weighted by Crippen LogP contribution is 2.30. The lowest BCUT2D eigenvalue weighted by Crippen LogP contribution is -1.97. The van der Waals surface area contributed by atoms with Gasteiger partial charge in [-0.05, 0) is 28.4 Å². The predicted molar refractivity (Wildman–Crippen MR) is 63.7 cm³/mol. The summed E-state index contributed by atoms with van der Waals surface area (Å²) in [5.74, 6) is 0.894. The van der Waals surface area contributed by atoms with Crippen molar-refractivity contribution in [2.75, 3.05) is 25.2 Å². The number of nitrogens with two attached hydrogens (primary N) is 1. The van der Waals surface area contributed by atoms with Gasteiger partial charge in [0.05, 0.1) is 23.0 Å². The number of aromatic nitrogens is 1. The molecule has 0 unspecified atom stereocenters. The van der Waals surface area contributed by atoms with E-state index in [0.29, 0.717) is 5.69 Å². The summed E-state index contributed by atoms with van der Waals surface area (Å²) in [7, 11) is 1.69. The lowest BCUT2D eigenvalue weighted by atomic mass is 10.3. The fourth-order valence-electron chi connectivity index (χ4n) is 0.891. The third-order valence-electron chi connectivity index (χ3n) is 1.80. The van der Waals surface area contributed by atoms with Crippen LogP contribution in [-0.2, 0) is 4.74 Å². The number of nitrogens with zero attached hydrogens (tertiary/aromatic N) is 1. The van der Waals surface area contributed by atoms with Gasteiger partial charge in [-0.25, -0.2) is 4.98 Å². The third-order valence-corrected chi connectivity index (χ3v) is 3.98. The van der Waals surface area contributed by atoms with E-state index in [1.165, 1.54) is 0 Å². The Morgan fingerprint density at radius 3 is 3.00 bits per heavy atom. The minimum absolute atomic E-state index is 0.716. The van der Waals surface area contributed by atoms with Gasteiger partial charge in [0.2, 0.25) is 0 Å². The number of pyridine rings is 1. The Bertz CT molecular complexity index is 320. The molecule has 0 saturated carbocycles. The highest BCUT2D eigenvalue weighted by atomic mass is 79.9. The number of anilines is 1. The Hall–Kier alpha value is -0.260.